The number of hydrogen-bond donors (Lipinski definition) is 2. The third-order valence-corrected chi connectivity index (χ3v) is 3.42. The van der Waals surface area contributed by atoms with Gasteiger partial charge in [-0.15, -0.1) is 5.10 Å². The Balaban J connectivity index is 1.89. The molecule has 3 aromatic rings. The molecular formula is C16H13ClN4O2. The van der Waals surface area contributed by atoms with Crippen LogP contribution >= 0.6 is 11.6 Å². The molecule has 1 aromatic heterocycles. The van der Waals surface area contributed by atoms with Gasteiger partial charge >= 0.3 is 0 Å². The molecule has 0 atom stereocenters. The molecular weight excluding hydrogens is 316 g/mol. The summed E-state index contributed by atoms with van der Waals surface area (Å²) in [6.45, 7) is 1.69. The van der Waals surface area contributed by atoms with Crippen molar-refractivity contribution in [2.75, 3.05) is 5.32 Å². The third kappa shape index (κ3) is 3.17. The number of carbonyl (C=O) groups excluding carboxylic acids is 1. The Kier molecular flexibility index (Phi) is 3.99. The van der Waals surface area contributed by atoms with Crippen molar-refractivity contribution in [2.24, 2.45) is 0 Å². The second-order valence-corrected chi connectivity index (χ2v) is 5.31. The lowest BCUT2D eigenvalue weighted by molar-refractivity contribution is 0.102. The zero-order valence-electron chi connectivity index (χ0n) is 12.2. The summed E-state index contributed by atoms with van der Waals surface area (Å²) >= 11 is 5.95. The molecule has 2 aromatic carbocycles. The van der Waals surface area contributed by atoms with Crippen molar-refractivity contribution in [2.45, 2.75) is 6.92 Å². The van der Waals surface area contributed by atoms with Crippen LogP contribution in [0.1, 0.15) is 16.2 Å². The summed E-state index contributed by atoms with van der Waals surface area (Å²) in [4.78, 5) is 13.7. The smallest absolute Gasteiger partial charge is 0.278 e. The van der Waals surface area contributed by atoms with Crippen LogP contribution in [0.3, 0.4) is 0 Å². The van der Waals surface area contributed by atoms with E-state index in [1.54, 1.807) is 49.4 Å². The van der Waals surface area contributed by atoms with E-state index < -0.39 is 5.91 Å². The number of rotatable bonds is 3. The van der Waals surface area contributed by atoms with Crippen LogP contribution in [0.15, 0.2) is 48.5 Å². The molecule has 116 valence electrons. The number of nitrogens with one attached hydrogen (secondary N) is 1. The van der Waals surface area contributed by atoms with Gasteiger partial charge in [0.15, 0.2) is 5.69 Å². The zero-order valence-corrected chi connectivity index (χ0v) is 12.9. The molecule has 0 unspecified atom stereocenters. The highest BCUT2D eigenvalue weighted by Crippen LogP contribution is 2.22. The van der Waals surface area contributed by atoms with E-state index in [-0.39, 0.29) is 11.4 Å². The lowest BCUT2D eigenvalue weighted by Gasteiger charge is -2.05. The minimum Gasteiger partial charge on any atom is -0.506 e. The molecule has 0 bridgehead atoms. The van der Waals surface area contributed by atoms with Gasteiger partial charge in [0.25, 0.3) is 5.91 Å². The van der Waals surface area contributed by atoms with E-state index in [0.717, 1.165) is 0 Å². The van der Waals surface area contributed by atoms with Crippen LogP contribution in [0.2, 0.25) is 5.02 Å². The Bertz CT molecular complexity index is 876. The SMILES string of the molecule is Cc1nn(-c2cccc(Cl)c2)nc1C(=O)Nc1ccccc1O. The van der Waals surface area contributed by atoms with Gasteiger partial charge in [-0.25, -0.2) is 0 Å². The Morgan fingerprint density at radius 2 is 1.96 bits per heavy atom. The van der Waals surface area contributed by atoms with E-state index in [4.69, 9.17) is 11.6 Å². The summed E-state index contributed by atoms with van der Waals surface area (Å²) < 4.78 is 0. The summed E-state index contributed by atoms with van der Waals surface area (Å²) in [5.74, 6) is -0.460. The third-order valence-electron chi connectivity index (χ3n) is 3.19. The fraction of sp³-hybridized carbons (Fsp3) is 0.0625. The number of hydrogen-bond acceptors (Lipinski definition) is 4. The van der Waals surface area contributed by atoms with Gasteiger partial charge in [0.05, 0.1) is 17.1 Å². The van der Waals surface area contributed by atoms with Crippen LogP contribution in [0.25, 0.3) is 5.69 Å². The van der Waals surface area contributed by atoms with E-state index in [0.29, 0.717) is 22.1 Å². The van der Waals surface area contributed by atoms with Crippen LogP contribution < -0.4 is 5.32 Å². The molecule has 1 heterocycles. The lowest BCUT2D eigenvalue weighted by atomic mass is 10.2. The van der Waals surface area contributed by atoms with Crippen molar-refractivity contribution in [3.63, 3.8) is 0 Å². The molecule has 0 aliphatic heterocycles. The Labute approximate surface area is 137 Å². The highest BCUT2D eigenvalue weighted by atomic mass is 35.5. The molecule has 0 spiro atoms. The van der Waals surface area contributed by atoms with Crippen molar-refractivity contribution < 1.29 is 9.90 Å². The molecule has 0 saturated heterocycles. The summed E-state index contributed by atoms with van der Waals surface area (Å²) in [7, 11) is 0. The second-order valence-electron chi connectivity index (χ2n) is 4.87. The first-order chi connectivity index (χ1) is 11.0. The summed E-state index contributed by atoms with van der Waals surface area (Å²) in [6.07, 6.45) is 0. The van der Waals surface area contributed by atoms with Crippen LogP contribution in [0.5, 0.6) is 5.75 Å². The van der Waals surface area contributed by atoms with E-state index in [9.17, 15) is 9.90 Å². The van der Waals surface area contributed by atoms with Gasteiger partial charge in [0.1, 0.15) is 5.75 Å². The maximum Gasteiger partial charge on any atom is 0.278 e. The second kappa shape index (κ2) is 6.10. The highest BCUT2D eigenvalue weighted by molar-refractivity contribution is 6.30. The molecule has 3 rings (SSSR count). The first kappa shape index (κ1) is 15.1. The number of amides is 1. The van der Waals surface area contributed by atoms with Gasteiger partial charge < -0.3 is 10.4 Å². The summed E-state index contributed by atoms with van der Waals surface area (Å²) in [6, 6.07) is 13.5. The van der Waals surface area contributed by atoms with Gasteiger partial charge in [-0.05, 0) is 37.3 Å². The highest BCUT2D eigenvalue weighted by Gasteiger charge is 2.17. The molecule has 6 nitrogen and oxygen atoms in total. The first-order valence-corrected chi connectivity index (χ1v) is 7.21. The summed E-state index contributed by atoms with van der Waals surface area (Å²) in [5.41, 5.74) is 1.61. The number of para-hydroxylation sites is 2. The molecule has 0 saturated carbocycles. The molecule has 1 amide bonds. The minimum absolute atomic E-state index is 0.0132. The van der Waals surface area contributed by atoms with E-state index in [1.807, 2.05) is 0 Å². The quantitative estimate of drug-likeness (QED) is 0.724. The van der Waals surface area contributed by atoms with Crippen molar-refractivity contribution >= 4 is 23.2 Å². The molecule has 0 fully saturated rings. The predicted molar refractivity (Wildman–Crippen MR) is 87.2 cm³/mol. The van der Waals surface area contributed by atoms with E-state index in [2.05, 4.69) is 15.5 Å². The molecule has 0 radical (unpaired) electrons. The Morgan fingerprint density at radius 3 is 2.70 bits per heavy atom. The van der Waals surface area contributed by atoms with Crippen molar-refractivity contribution in [3.05, 3.63) is 64.9 Å². The number of anilines is 1. The predicted octanol–water partition coefficient (Wildman–Crippen LogP) is 3.19. The van der Waals surface area contributed by atoms with Crippen LogP contribution in [-0.4, -0.2) is 26.0 Å². The standard InChI is InChI=1S/C16H13ClN4O2/c1-10-15(16(23)18-13-7-2-3-8-14(13)22)20-21(19-10)12-6-4-5-11(17)9-12/h2-9,22H,1H3,(H,18,23). The molecule has 2 N–H and O–H groups in total. The normalized spacial score (nSPS) is 10.5. The van der Waals surface area contributed by atoms with Gasteiger partial charge in [0.2, 0.25) is 0 Å². The molecule has 23 heavy (non-hydrogen) atoms. The number of phenolic OH excluding ortho intramolecular Hbond substituents is 1. The van der Waals surface area contributed by atoms with Crippen molar-refractivity contribution in [1.29, 1.82) is 0 Å². The first-order valence-electron chi connectivity index (χ1n) is 6.84. The molecule has 0 aliphatic carbocycles. The number of aromatic nitrogens is 3. The molecule has 0 aliphatic rings. The maximum absolute atomic E-state index is 12.3. The van der Waals surface area contributed by atoms with E-state index >= 15 is 0 Å². The van der Waals surface area contributed by atoms with Gasteiger partial charge in [-0.1, -0.05) is 29.8 Å². The Morgan fingerprint density at radius 1 is 1.17 bits per heavy atom. The number of carbonyl (C=O) groups is 1. The average Bonchev–Trinajstić information content (AvgIpc) is 2.92. The van der Waals surface area contributed by atoms with Crippen molar-refractivity contribution in [3.8, 4) is 11.4 Å². The van der Waals surface area contributed by atoms with Gasteiger partial charge in [0, 0.05) is 5.02 Å². The molecule has 7 heteroatoms. The zero-order chi connectivity index (χ0) is 16.4. The number of phenols is 1. The Hall–Kier alpha value is -2.86. The maximum atomic E-state index is 12.3. The van der Waals surface area contributed by atoms with Crippen LogP contribution in [0, 0.1) is 6.92 Å². The number of aryl methyl sites for hydroxylation is 1. The fourth-order valence-electron chi connectivity index (χ4n) is 2.07. The van der Waals surface area contributed by atoms with Crippen molar-refractivity contribution in [1.82, 2.24) is 15.0 Å². The largest absolute Gasteiger partial charge is 0.506 e. The number of benzene rings is 2. The number of aromatic hydroxyl groups is 1. The van der Waals surface area contributed by atoms with Crippen LogP contribution in [-0.2, 0) is 0 Å². The van der Waals surface area contributed by atoms with Gasteiger partial charge in [-0.2, -0.15) is 9.90 Å². The van der Waals surface area contributed by atoms with Gasteiger partial charge in [-0.3, -0.25) is 4.79 Å². The summed E-state index contributed by atoms with van der Waals surface area (Å²) in [5, 5.41) is 21.3. The minimum atomic E-state index is -0.447. The lowest BCUT2D eigenvalue weighted by Crippen LogP contribution is -2.14. The van der Waals surface area contributed by atoms with Crippen LogP contribution in [0.4, 0.5) is 5.69 Å². The fourth-order valence-corrected chi connectivity index (χ4v) is 2.25. The number of nitrogens with zero attached hydrogens (tertiary/aromatic N) is 3. The van der Waals surface area contributed by atoms with E-state index in [1.165, 1.54) is 10.9 Å². The monoisotopic (exact) mass is 328 g/mol. The number of halogens is 1. The average molecular weight is 329 g/mol. The topological polar surface area (TPSA) is 80.0 Å².